The molecule has 0 aliphatic rings. The van der Waals surface area contributed by atoms with Crippen LogP contribution in [0.5, 0.6) is 0 Å². The topological polar surface area (TPSA) is 84.3 Å². The van der Waals surface area contributed by atoms with Crippen LogP contribution in [0.4, 0.5) is 11.4 Å². The van der Waals surface area contributed by atoms with E-state index in [2.05, 4.69) is 36.2 Å². The molecular weight excluding hydrogens is 739 g/mol. The Morgan fingerprint density at radius 2 is 1.52 bits per heavy atom. The number of Topliss-reactive ketones (excluding diaryl/α,β-unsaturated/α-hetero) is 1. The molecule has 6 rings (SSSR count). The summed E-state index contributed by atoms with van der Waals surface area (Å²) in [6, 6.07) is 24.0. The lowest BCUT2D eigenvalue weighted by molar-refractivity contribution is -0.113. The van der Waals surface area contributed by atoms with Gasteiger partial charge in [-0.05, 0) is 60.7 Å². The average molecular weight is 759 g/mol. The van der Waals surface area contributed by atoms with Crippen LogP contribution in [0.3, 0.4) is 0 Å². The summed E-state index contributed by atoms with van der Waals surface area (Å²) in [6.45, 7) is 0. The number of thioether (sulfide) groups is 2. The number of fused-ring (bicyclic) bond motifs is 2. The first-order valence-corrected chi connectivity index (χ1v) is 18.1. The summed E-state index contributed by atoms with van der Waals surface area (Å²) < 4.78 is 4.46. The molecule has 0 saturated heterocycles. The highest BCUT2D eigenvalue weighted by Crippen LogP contribution is 2.34. The maximum atomic E-state index is 12.7. The van der Waals surface area contributed by atoms with Crippen LogP contribution in [0.1, 0.15) is 15.9 Å². The number of halogens is 3. The molecule has 6 aromatic rings. The van der Waals surface area contributed by atoms with Gasteiger partial charge in [0.15, 0.2) is 14.5 Å². The third kappa shape index (κ3) is 7.89. The third-order valence-electron chi connectivity index (χ3n) is 6.14. The van der Waals surface area contributed by atoms with Crippen LogP contribution in [0, 0.1) is 0 Å². The van der Waals surface area contributed by atoms with Crippen molar-refractivity contribution in [3.8, 4) is 0 Å². The second kappa shape index (κ2) is 14.1. The second-order valence-corrected chi connectivity index (χ2v) is 15.5. The van der Waals surface area contributed by atoms with Gasteiger partial charge in [0.05, 0.1) is 42.6 Å². The van der Waals surface area contributed by atoms with Gasteiger partial charge in [-0.2, -0.15) is 0 Å². The van der Waals surface area contributed by atoms with Crippen molar-refractivity contribution in [3.63, 3.8) is 0 Å². The fraction of sp³-hybridized carbons (Fsp3) is 0.0645. The van der Waals surface area contributed by atoms with E-state index in [4.69, 9.17) is 23.2 Å². The molecule has 0 fully saturated rings. The lowest BCUT2D eigenvalue weighted by Gasteiger charge is -2.03. The number of amides is 1. The molecular formula is C31H19BrCl2N4O2S4. The molecule has 0 radical (unpaired) electrons. The summed E-state index contributed by atoms with van der Waals surface area (Å²) in [6.07, 6.45) is 1.70. The van der Waals surface area contributed by atoms with Gasteiger partial charge in [0, 0.05) is 32.5 Å². The number of aromatic nitrogens is 2. The van der Waals surface area contributed by atoms with E-state index in [1.54, 1.807) is 18.3 Å². The minimum absolute atomic E-state index is 0.0498. The van der Waals surface area contributed by atoms with Gasteiger partial charge in [0.2, 0.25) is 5.91 Å². The van der Waals surface area contributed by atoms with Crippen LogP contribution in [0.25, 0.3) is 20.4 Å². The van der Waals surface area contributed by atoms with Crippen molar-refractivity contribution in [2.75, 3.05) is 16.8 Å². The number of carbonyl (C=O) groups is 2. The second-order valence-electron chi connectivity index (χ2n) is 9.27. The molecule has 0 aliphatic carbocycles. The van der Waals surface area contributed by atoms with Crippen molar-refractivity contribution in [2.24, 2.45) is 4.99 Å². The van der Waals surface area contributed by atoms with Gasteiger partial charge < -0.3 is 5.32 Å². The number of thiazole rings is 2. The summed E-state index contributed by atoms with van der Waals surface area (Å²) >= 11 is 21.4. The van der Waals surface area contributed by atoms with E-state index in [0.29, 0.717) is 27.0 Å². The van der Waals surface area contributed by atoms with E-state index in [1.165, 1.54) is 46.2 Å². The largest absolute Gasteiger partial charge is 0.325 e. The Hall–Kier alpha value is -2.77. The predicted octanol–water partition coefficient (Wildman–Crippen LogP) is 10.4. The number of hydrogen-bond donors (Lipinski definition) is 1. The fourth-order valence-corrected chi connectivity index (χ4v) is 8.62. The minimum atomic E-state index is -0.127. The molecule has 0 atom stereocenters. The molecule has 44 heavy (non-hydrogen) atoms. The fourth-order valence-electron chi connectivity index (χ4n) is 4.00. The van der Waals surface area contributed by atoms with Crippen molar-refractivity contribution in [1.29, 1.82) is 0 Å². The monoisotopic (exact) mass is 756 g/mol. The van der Waals surface area contributed by atoms with E-state index < -0.39 is 0 Å². The molecule has 13 heteroatoms. The van der Waals surface area contributed by atoms with Crippen LogP contribution < -0.4 is 5.32 Å². The number of ketones is 1. The van der Waals surface area contributed by atoms with Gasteiger partial charge in [-0.15, -0.1) is 22.7 Å². The normalized spacial score (nSPS) is 11.5. The lowest BCUT2D eigenvalue weighted by Crippen LogP contribution is -2.13. The molecule has 1 N–H and O–H groups in total. The highest BCUT2D eigenvalue weighted by molar-refractivity contribution is 9.10. The van der Waals surface area contributed by atoms with Gasteiger partial charge in [-0.25, -0.2) is 9.97 Å². The SMILES string of the molecule is O=C(CSc1nc2ccc(N=Cc3ccc(Cl)cc3Cl)cc2s1)Nc1ccc2nc(SCC(=O)c3ccc(Br)cc3)sc2c1. The van der Waals surface area contributed by atoms with Gasteiger partial charge >= 0.3 is 0 Å². The van der Waals surface area contributed by atoms with Crippen LogP contribution in [-0.4, -0.2) is 39.4 Å². The minimum Gasteiger partial charge on any atom is -0.325 e. The van der Waals surface area contributed by atoms with Crippen molar-refractivity contribution in [1.82, 2.24) is 9.97 Å². The molecule has 0 bridgehead atoms. The van der Waals surface area contributed by atoms with E-state index in [1.807, 2.05) is 66.7 Å². The summed E-state index contributed by atoms with van der Waals surface area (Å²) in [4.78, 5) is 39.1. The first-order chi connectivity index (χ1) is 21.3. The molecule has 0 saturated carbocycles. The molecule has 2 heterocycles. The molecule has 0 aliphatic heterocycles. The van der Waals surface area contributed by atoms with Crippen molar-refractivity contribution >= 4 is 135 Å². The first kappa shape index (κ1) is 31.2. The van der Waals surface area contributed by atoms with Crippen molar-refractivity contribution in [2.45, 2.75) is 8.68 Å². The Kier molecular flexibility index (Phi) is 10.0. The standard InChI is InChI=1S/C31H19BrCl2N4O2S4/c32-19-4-1-17(2-5-19)26(39)15-41-30-37-25-10-8-22(13-28(25)44-30)36-29(40)16-42-31-38-24-9-7-21(12-27(24)43-31)35-14-18-3-6-20(33)11-23(18)34/h1-14H,15-16H2,(H,36,40). The quantitative estimate of drug-likeness (QED) is 0.0851. The third-order valence-corrected chi connectivity index (χ3v) is 11.6. The summed E-state index contributed by atoms with van der Waals surface area (Å²) in [7, 11) is 0. The lowest BCUT2D eigenvalue weighted by atomic mass is 10.2. The first-order valence-electron chi connectivity index (χ1n) is 12.9. The molecule has 2 aromatic heterocycles. The zero-order valence-corrected chi connectivity index (χ0v) is 28.8. The number of nitrogens with zero attached hydrogens (tertiary/aromatic N) is 3. The summed E-state index contributed by atoms with van der Waals surface area (Å²) in [5.74, 6) is 0.451. The predicted molar refractivity (Wildman–Crippen MR) is 192 cm³/mol. The number of anilines is 1. The number of nitrogens with one attached hydrogen (secondary N) is 1. The number of rotatable bonds is 10. The smallest absolute Gasteiger partial charge is 0.234 e. The average Bonchev–Trinajstić information content (AvgIpc) is 3.61. The number of benzene rings is 4. The molecule has 0 spiro atoms. The van der Waals surface area contributed by atoms with E-state index >= 15 is 0 Å². The Balaban J connectivity index is 1.03. The van der Waals surface area contributed by atoms with E-state index in [-0.39, 0.29) is 17.4 Å². The highest BCUT2D eigenvalue weighted by atomic mass is 79.9. The van der Waals surface area contributed by atoms with Crippen LogP contribution in [0.15, 0.2) is 97.0 Å². The summed E-state index contributed by atoms with van der Waals surface area (Å²) in [5, 5.41) is 4.08. The Bertz CT molecular complexity index is 2050. The van der Waals surface area contributed by atoms with Crippen molar-refractivity contribution < 1.29 is 9.59 Å². The molecule has 1 amide bonds. The zero-order valence-electron chi connectivity index (χ0n) is 22.4. The molecule has 6 nitrogen and oxygen atoms in total. The number of hydrogen-bond acceptors (Lipinski definition) is 9. The van der Waals surface area contributed by atoms with Gasteiger partial charge in [0.1, 0.15) is 0 Å². The van der Waals surface area contributed by atoms with Crippen LogP contribution >= 0.6 is 85.3 Å². The summed E-state index contributed by atoms with van der Waals surface area (Å²) in [5.41, 5.74) is 4.60. The van der Waals surface area contributed by atoms with Gasteiger partial charge in [-0.3, -0.25) is 14.6 Å². The molecule has 0 unspecified atom stereocenters. The van der Waals surface area contributed by atoms with Gasteiger partial charge in [0.25, 0.3) is 0 Å². The Labute approximate surface area is 287 Å². The van der Waals surface area contributed by atoms with E-state index in [9.17, 15) is 9.59 Å². The number of carbonyl (C=O) groups excluding carboxylic acids is 2. The number of aliphatic imine (C=N–C) groups is 1. The molecule has 4 aromatic carbocycles. The maximum Gasteiger partial charge on any atom is 0.234 e. The van der Waals surface area contributed by atoms with Gasteiger partial charge in [-0.1, -0.05) is 80.9 Å². The maximum absolute atomic E-state index is 12.7. The Morgan fingerprint density at radius 1 is 0.841 bits per heavy atom. The molecule has 220 valence electrons. The Morgan fingerprint density at radius 3 is 2.25 bits per heavy atom. The van der Waals surface area contributed by atoms with Crippen LogP contribution in [-0.2, 0) is 4.79 Å². The van der Waals surface area contributed by atoms with E-state index in [0.717, 1.165) is 44.8 Å². The van der Waals surface area contributed by atoms with Crippen LogP contribution in [0.2, 0.25) is 10.0 Å². The highest BCUT2D eigenvalue weighted by Gasteiger charge is 2.13. The zero-order chi connectivity index (χ0) is 30.6. The van der Waals surface area contributed by atoms with Crippen molar-refractivity contribution in [3.05, 3.63) is 105 Å².